The van der Waals surface area contributed by atoms with Crippen LogP contribution in [0.1, 0.15) is 13.3 Å². The summed E-state index contributed by atoms with van der Waals surface area (Å²) in [5.74, 6) is 0. The fourth-order valence-electron chi connectivity index (χ4n) is 2.38. The highest BCUT2D eigenvalue weighted by molar-refractivity contribution is 5.88. The lowest BCUT2D eigenvalue weighted by Gasteiger charge is -2.19. The number of fused-ring (bicyclic) bond motifs is 1. The van der Waals surface area contributed by atoms with E-state index in [1.807, 2.05) is 13.0 Å². The lowest BCUT2D eigenvalue weighted by Crippen LogP contribution is -2.27. The van der Waals surface area contributed by atoms with Crippen molar-refractivity contribution in [3.63, 3.8) is 0 Å². The van der Waals surface area contributed by atoms with E-state index in [9.17, 15) is 4.79 Å². The molecular formula is C13H16N4O2. The van der Waals surface area contributed by atoms with Gasteiger partial charge in [-0.05, 0) is 25.5 Å². The Morgan fingerprint density at radius 2 is 2.37 bits per heavy atom. The monoisotopic (exact) mass is 260 g/mol. The maximum atomic E-state index is 11.6. The standard InChI is InChI=1S/C13H16N4O2/c1-7-10(2-3-19-7)17-12-5-11-8(4-9(12)14)13(18)16-6-15-11/h4-7,10,17H,2-3,14H2,1H3,(H,15,16,18). The Bertz CT molecular complexity index is 667. The Morgan fingerprint density at radius 1 is 1.53 bits per heavy atom. The molecule has 6 heteroatoms. The van der Waals surface area contributed by atoms with Crippen LogP contribution in [0, 0.1) is 0 Å². The summed E-state index contributed by atoms with van der Waals surface area (Å²) in [6.45, 7) is 2.79. The summed E-state index contributed by atoms with van der Waals surface area (Å²) in [5, 5.41) is 3.87. The zero-order valence-corrected chi connectivity index (χ0v) is 10.6. The topological polar surface area (TPSA) is 93.0 Å². The predicted octanol–water partition coefficient (Wildman–Crippen LogP) is 1.09. The van der Waals surface area contributed by atoms with E-state index < -0.39 is 0 Å². The van der Waals surface area contributed by atoms with Crippen molar-refractivity contribution in [1.82, 2.24) is 9.97 Å². The number of benzene rings is 1. The van der Waals surface area contributed by atoms with Crippen LogP contribution in [-0.4, -0.2) is 28.7 Å². The molecule has 0 spiro atoms. The van der Waals surface area contributed by atoms with Crippen LogP contribution in [-0.2, 0) is 4.74 Å². The molecule has 3 rings (SSSR count). The third kappa shape index (κ3) is 2.15. The SMILES string of the molecule is CC1OCCC1Nc1cc2nc[nH]c(=O)c2cc1N. The van der Waals surface area contributed by atoms with Crippen LogP contribution in [0.5, 0.6) is 0 Å². The first kappa shape index (κ1) is 12.0. The molecule has 2 unspecified atom stereocenters. The van der Waals surface area contributed by atoms with Crippen LogP contribution in [0.4, 0.5) is 11.4 Å². The van der Waals surface area contributed by atoms with Gasteiger partial charge in [0.05, 0.1) is 40.8 Å². The van der Waals surface area contributed by atoms with Gasteiger partial charge in [-0.1, -0.05) is 0 Å². The molecule has 2 atom stereocenters. The van der Waals surface area contributed by atoms with Crippen LogP contribution in [0.2, 0.25) is 0 Å². The summed E-state index contributed by atoms with van der Waals surface area (Å²) in [7, 11) is 0. The minimum atomic E-state index is -0.180. The van der Waals surface area contributed by atoms with Crippen molar-refractivity contribution in [3.8, 4) is 0 Å². The molecule has 4 N–H and O–H groups in total. The average molecular weight is 260 g/mol. The maximum Gasteiger partial charge on any atom is 0.258 e. The smallest absolute Gasteiger partial charge is 0.258 e. The van der Waals surface area contributed by atoms with E-state index in [1.165, 1.54) is 6.33 Å². The van der Waals surface area contributed by atoms with Gasteiger partial charge >= 0.3 is 0 Å². The second kappa shape index (κ2) is 4.55. The van der Waals surface area contributed by atoms with Crippen molar-refractivity contribution in [2.75, 3.05) is 17.7 Å². The Labute approximate surface area is 110 Å². The average Bonchev–Trinajstić information content (AvgIpc) is 2.77. The molecule has 2 aromatic rings. The molecule has 1 aromatic heterocycles. The fraction of sp³-hybridized carbons (Fsp3) is 0.385. The molecular weight excluding hydrogens is 244 g/mol. The molecule has 0 amide bonds. The van der Waals surface area contributed by atoms with Crippen LogP contribution in [0.15, 0.2) is 23.3 Å². The molecule has 2 heterocycles. The molecule has 0 aliphatic carbocycles. The number of H-pyrrole nitrogens is 1. The van der Waals surface area contributed by atoms with Crippen molar-refractivity contribution in [1.29, 1.82) is 0 Å². The largest absolute Gasteiger partial charge is 0.397 e. The number of anilines is 2. The Kier molecular flexibility index (Phi) is 2.87. The molecule has 0 saturated carbocycles. The first-order valence-corrected chi connectivity index (χ1v) is 6.30. The van der Waals surface area contributed by atoms with Gasteiger partial charge in [0.15, 0.2) is 0 Å². The number of nitrogen functional groups attached to an aromatic ring is 1. The summed E-state index contributed by atoms with van der Waals surface area (Å²) in [6.07, 6.45) is 2.50. The van der Waals surface area contributed by atoms with Crippen molar-refractivity contribution in [2.45, 2.75) is 25.5 Å². The number of rotatable bonds is 2. The van der Waals surface area contributed by atoms with Crippen molar-refractivity contribution in [2.24, 2.45) is 0 Å². The molecule has 19 heavy (non-hydrogen) atoms. The highest BCUT2D eigenvalue weighted by atomic mass is 16.5. The van der Waals surface area contributed by atoms with Crippen molar-refractivity contribution in [3.05, 3.63) is 28.8 Å². The quantitative estimate of drug-likeness (QED) is 0.703. The number of ether oxygens (including phenoxy) is 1. The van der Waals surface area contributed by atoms with Crippen LogP contribution >= 0.6 is 0 Å². The van der Waals surface area contributed by atoms with E-state index in [2.05, 4.69) is 15.3 Å². The van der Waals surface area contributed by atoms with Crippen LogP contribution in [0.25, 0.3) is 10.9 Å². The molecule has 1 aromatic carbocycles. The zero-order chi connectivity index (χ0) is 13.4. The minimum Gasteiger partial charge on any atom is -0.397 e. The van der Waals surface area contributed by atoms with Gasteiger partial charge in [0.2, 0.25) is 0 Å². The first-order chi connectivity index (χ1) is 9.15. The highest BCUT2D eigenvalue weighted by Crippen LogP contribution is 2.26. The van der Waals surface area contributed by atoms with Crippen LogP contribution in [0.3, 0.4) is 0 Å². The third-order valence-corrected chi connectivity index (χ3v) is 3.53. The van der Waals surface area contributed by atoms with E-state index >= 15 is 0 Å². The number of hydrogen-bond donors (Lipinski definition) is 3. The van der Waals surface area contributed by atoms with E-state index in [1.54, 1.807) is 6.07 Å². The number of nitrogens with two attached hydrogens (primary N) is 1. The molecule has 0 radical (unpaired) electrons. The number of hydrogen-bond acceptors (Lipinski definition) is 5. The molecule has 1 saturated heterocycles. The molecule has 100 valence electrons. The van der Waals surface area contributed by atoms with Crippen molar-refractivity contribution < 1.29 is 4.74 Å². The van der Waals surface area contributed by atoms with Gasteiger partial charge in [-0.15, -0.1) is 0 Å². The summed E-state index contributed by atoms with van der Waals surface area (Å²) in [4.78, 5) is 18.3. The second-order valence-corrected chi connectivity index (χ2v) is 4.80. The number of aromatic nitrogens is 2. The lowest BCUT2D eigenvalue weighted by atomic mass is 10.1. The third-order valence-electron chi connectivity index (χ3n) is 3.53. The van der Waals surface area contributed by atoms with E-state index in [4.69, 9.17) is 10.5 Å². The molecule has 6 nitrogen and oxygen atoms in total. The Balaban J connectivity index is 2.00. The zero-order valence-electron chi connectivity index (χ0n) is 10.6. The minimum absolute atomic E-state index is 0.155. The van der Waals surface area contributed by atoms with Gasteiger partial charge in [0.25, 0.3) is 5.56 Å². The summed E-state index contributed by atoms with van der Waals surface area (Å²) in [6, 6.07) is 3.70. The van der Waals surface area contributed by atoms with E-state index in [0.717, 1.165) is 18.7 Å². The van der Waals surface area contributed by atoms with Gasteiger partial charge in [-0.3, -0.25) is 4.79 Å². The van der Waals surface area contributed by atoms with E-state index in [0.29, 0.717) is 16.6 Å². The van der Waals surface area contributed by atoms with Gasteiger partial charge in [-0.2, -0.15) is 0 Å². The lowest BCUT2D eigenvalue weighted by molar-refractivity contribution is 0.121. The molecule has 1 fully saturated rings. The van der Waals surface area contributed by atoms with Crippen LogP contribution < -0.4 is 16.6 Å². The number of nitrogens with one attached hydrogen (secondary N) is 2. The highest BCUT2D eigenvalue weighted by Gasteiger charge is 2.24. The van der Waals surface area contributed by atoms with Gasteiger partial charge in [-0.25, -0.2) is 4.98 Å². The number of nitrogens with zero attached hydrogens (tertiary/aromatic N) is 1. The van der Waals surface area contributed by atoms with Gasteiger partial charge in [0, 0.05) is 6.61 Å². The first-order valence-electron chi connectivity index (χ1n) is 6.30. The molecule has 1 aliphatic heterocycles. The normalized spacial score (nSPS) is 22.8. The summed E-state index contributed by atoms with van der Waals surface area (Å²) in [5.41, 5.74) is 7.79. The van der Waals surface area contributed by atoms with E-state index in [-0.39, 0.29) is 17.7 Å². The summed E-state index contributed by atoms with van der Waals surface area (Å²) >= 11 is 0. The van der Waals surface area contributed by atoms with Crippen molar-refractivity contribution >= 4 is 22.3 Å². The summed E-state index contributed by atoms with van der Waals surface area (Å²) < 4.78 is 5.51. The second-order valence-electron chi connectivity index (χ2n) is 4.80. The maximum absolute atomic E-state index is 11.6. The Morgan fingerprint density at radius 3 is 3.11 bits per heavy atom. The predicted molar refractivity (Wildman–Crippen MR) is 74.2 cm³/mol. The fourth-order valence-corrected chi connectivity index (χ4v) is 2.38. The Hall–Kier alpha value is -2.08. The van der Waals surface area contributed by atoms with Gasteiger partial charge in [0.1, 0.15) is 0 Å². The van der Waals surface area contributed by atoms with Gasteiger partial charge < -0.3 is 20.8 Å². The molecule has 1 aliphatic rings. The number of aromatic amines is 1. The molecule has 0 bridgehead atoms.